The van der Waals surface area contributed by atoms with Gasteiger partial charge in [0.2, 0.25) is 5.91 Å². The van der Waals surface area contributed by atoms with Crippen LogP contribution in [0, 0.1) is 0 Å². The highest BCUT2D eigenvalue weighted by molar-refractivity contribution is 5.78. The molecule has 9 nitrogen and oxygen atoms in total. The highest BCUT2D eigenvalue weighted by Crippen LogP contribution is 2.30. The number of hydrogen-bond donors (Lipinski definition) is 1. The van der Waals surface area contributed by atoms with Gasteiger partial charge in [0.1, 0.15) is 11.4 Å². The second-order valence-corrected chi connectivity index (χ2v) is 12.8. The van der Waals surface area contributed by atoms with Crippen LogP contribution in [-0.4, -0.2) is 69.9 Å². The molecule has 0 bridgehead atoms. The van der Waals surface area contributed by atoms with E-state index in [4.69, 9.17) is 14.5 Å². The summed E-state index contributed by atoms with van der Waals surface area (Å²) in [6, 6.07) is 20.0. The van der Waals surface area contributed by atoms with Crippen molar-refractivity contribution >= 4 is 23.0 Å². The molecule has 3 heterocycles. The molecule has 1 saturated heterocycles. The number of carbonyl (C=O) groups is 2. The Balaban J connectivity index is 1.30. The van der Waals surface area contributed by atoms with E-state index in [0.717, 1.165) is 59.4 Å². The number of benzene rings is 2. The van der Waals surface area contributed by atoms with Gasteiger partial charge in [-0.25, -0.2) is 9.78 Å². The number of rotatable bonds is 11. The number of amides is 2. The molecular weight excluding hydrogens is 566 g/mol. The number of methoxy groups -OCH3 is 1. The number of likely N-dealkylation sites (tertiary alicyclic amines) is 1. The van der Waals surface area contributed by atoms with Gasteiger partial charge in [0.15, 0.2) is 0 Å². The van der Waals surface area contributed by atoms with Gasteiger partial charge in [-0.1, -0.05) is 54.6 Å². The average Bonchev–Trinajstić information content (AvgIpc) is 3.39. The molecule has 2 aromatic heterocycles. The van der Waals surface area contributed by atoms with Crippen molar-refractivity contribution in [1.29, 1.82) is 0 Å². The average molecular weight is 612 g/mol. The third-order valence-corrected chi connectivity index (χ3v) is 8.13. The quantitative estimate of drug-likeness (QED) is 0.198. The Morgan fingerprint density at radius 1 is 1.04 bits per heavy atom. The topological polar surface area (TPSA) is 98.6 Å². The molecule has 1 aliphatic heterocycles. The lowest BCUT2D eigenvalue weighted by Gasteiger charge is -2.34. The van der Waals surface area contributed by atoms with E-state index in [1.165, 1.54) is 0 Å². The van der Waals surface area contributed by atoms with Gasteiger partial charge in [0.05, 0.1) is 17.2 Å². The van der Waals surface area contributed by atoms with Crippen LogP contribution in [0.1, 0.15) is 63.8 Å². The van der Waals surface area contributed by atoms with Gasteiger partial charge in [-0.15, -0.1) is 0 Å². The van der Waals surface area contributed by atoms with E-state index in [1.54, 1.807) is 13.3 Å². The minimum atomic E-state index is -0.639. The number of nitrogens with zero attached hydrogens (tertiary/aromatic N) is 4. The van der Waals surface area contributed by atoms with Crippen molar-refractivity contribution in [2.75, 3.05) is 26.8 Å². The molecule has 1 N–H and O–H groups in total. The van der Waals surface area contributed by atoms with Gasteiger partial charge in [-0.05, 0) is 69.2 Å². The van der Waals surface area contributed by atoms with Crippen LogP contribution in [0.15, 0.2) is 73.1 Å². The molecule has 2 aromatic carbocycles. The summed E-state index contributed by atoms with van der Waals surface area (Å²) in [7, 11) is 1.71. The standard InChI is InChI=1S/C36H45N5O4/c1-36(2,3)45-35(43)38-30(22-26-13-15-28(16-14-26)27-10-6-5-7-11-27)23-33(42)40-19-8-12-29(25-40)34-39-31-17-18-37-24-32(31)41(34)20-9-21-44-4/h5-7,10-11,13-18,24,29-30H,8-9,12,19-23,25H2,1-4H3,(H,38,43)/t29-,30-/m1/s1. The number of fused-ring (bicyclic) bond motifs is 1. The van der Waals surface area contributed by atoms with Crippen molar-refractivity contribution in [1.82, 2.24) is 24.8 Å². The molecule has 1 fully saturated rings. The lowest BCUT2D eigenvalue weighted by molar-refractivity contribution is -0.132. The molecule has 0 unspecified atom stereocenters. The Hall–Kier alpha value is -4.24. The zero-order chi connectivity index (χ0) is 31.8. The zero-order valence-electron chi connectivity index (χ0n) is 26.9. The van der Waals surface area contributed by atoms with Crippen molar-refractivity contribution in [3.63, 3.8) is 0 Å². The van der Waals surface area contributed by atoms with E-state index in [1.807, 2.05) is 56.1 Å². The molecule has 2 atom stereocenters. The Morgan fingerprint density at radius 2 is 1.80 bits per heavy atom. The molecule has 9 heteroatoms. The molecule has 0 aliphatic carbocycles. The normalized spacial score (nSPS) is 16.0. The summed E-state index contributed by atoms with van der Waals surface area (Å²) in [4.78, 5) is 37.9. The summed E-state index contributed by atoms with van der Waals surface area (Å²) in [6.45, 7) is 8.22. The number of carbonyl (C=O) groups excluding carboxylic acids is 2. The predicted molar refractivity (Wildman–Crippen MR) is 176 cm³/mol. The van der Waals surface area contributed by atoms with Crippen LogP contribution in [0.25, 0.3) is 22.2 Å². The maximum atomic E-state index is 13.8. The predicted octanol–water partition coefficient (Wildman–Crippen LogP) is 6.37. The molecule has 45 heavy (non-hydrogen) atoms. The number of ether oxygens (including phenoxy) is 2. The van der Waals surface area contributed by atoms with Crippen LogP contribution in [0.5, 0.6) is 0 Å². The van der Waals surface area contributed by atoms with E-state index >= 15 is 0 Å². The van der Waals surface area contributed by atoms with E-state index in [9.17, 15) is 9.59 Å². The Bertz CT molecular complexity index is 1560. The number of nitrogens with one attached hydrogen (secondary N) is 1. The van der Waals surface area contributed by atoms with Crippen LogP contribution in [0.4, 0.5) is 4.79 Å². The third-order valence-electron chi connectivity index (χ3n) is 8.13. The number of piperidine rings is 1. The summed E-state index contributed by atoms with van der Waals surface area (Å²) in [5.41, 5.74) is 4.59. The van der Waals surface area contributed by atoms with Crippen LogP contribution in [0.3, 0.4) is 0 Å². The Morgan fingerprint density at radius 3 is 2.53 bits per heavy atom. The second-order valence-electron chi connectivity index (χ2n) is 12.8. The molecule has 4 aromatic rings. The highest BCUT2D eigenvalue weighted by atomic mass is 16.6. The van der Waals surface area contributed by atoms with Crippen molar-refractivity contribution in [2.24, 2.45) is 0 Å². The fraction of sp³-hybridized carbons (Fsp3) is 0.444. The number of aromatic nitrogens is 3. The minimum absolute atomic E-state index is 0.0189. The minimum Gasteiger partial charge on any atom is -0.444 e. The largest absolute Gasteiger partial charge is 0.444 e. The lowest BCUT2D eigenvalue weighted by atomic mass is 9.95. The molecule has 5 rings (SSSR count). The fourth-order valence-corrected chi connectivity index (χ4v) is 6.05. The molecule has 0 radical (unpaired) electrons. The number of aryl methyl sites for hydroxylation is 1. The van der Waals surface area contributed by atoms with Gasteiger partial charge in [0.25, 0.3) is 0 Å². The monoisotopic (exact) mass is 611 g/mol. The third kappa shape index (κ3) is 8.69. The number of hydrogen-bond acceptors (Lipinski definition) is 6. The van der Waals surface area contributed by atoms with E-state index in [-0.39, 0.29) is 18.2 Å². The first-order valence-electron chi connectivity index (χ1n) is 15.9. The van der Waals surface area contributed by atoms with Crippen molar-refractivity contribution < 1.29 is 19.1 Å². The van der Waals surface area contributed by atoms with Crippen molar-refractivity contribution in [3.8, 4) is 11.1 Å². The summed E-state index contributed by atoms with van der Waals surface area (Å²) >= 11 is 0. The van der Waals surface area contributed by atoms with Gasteiger partial charge in [-0.3, -0.25) is 9.78 Å². The number of pyridine rings is 1. The molecule has 2 amide bonds. The fourth-order valence-electron chi connectivity index (χ4n) is 6.05. The first kappa shape index (κ1) is 32.2. The summed E-state index contributed by atoms with van der Waals surface area (Å²) < 4.78 is 13.1. The van der Waals surface area contributed by atoms with Gasteiger partial charge in [-0.2, -0.15) is 0 Å². The van der Waals surface area contributed by atoms with E-state index in [0.29, 0.717) is 26.1 Å². The second kappa shape index (κ2) is 14.7. The molecule has 0 spiro atoms. The summed E-state index contributed by atoms with van der Waals surface area (Å²) in [5, 5.41) is 2.99. The zero-order valence-corrected chi connectivity index (χ0v) is 26.9. The maximum Gasteiger partial charge on any atom is 0.407 e. The van der Waals surface area contributed by atoms with Crippen LogP contribution >= 0.6 is 0 Å². The van der Waals surface area contributed by atoms with Crippen molar-refractivity contribution in [3.05, 3.63) is 84.4 Å². The maximum absolute atomic E-state index is 13.8. The van der Waals surface area contributed by atoms with Crippen LogP contribution < -0.4 is 5.32 Å². The van der Waals surface area contributed by atoms with Gasteiger partial charge >= 0.3 is 6.09 Å². The SMILES string of the molecule is COCCCn1c([C@@H]2CCCN(C(=O)C[C@@H](Cc3ccc(-c4ccccc4)cc3)NC(=O)OC(C)(C)C)C2)nc2ccncc21. The highest BCUT2D eigenvalue weighted by Gasteiger charge is 2.30. The molecule has 238 valence electrons. The number of imidazole rings is 1. The summed E-state index contributed by atoms with van der Waals surface area (Å²) in [5.74, 6) is 1.12. The van der Waals surface area contributed by atoms with E-state index < -0.39 is 17.7 Å². The van der Waals surface area contributed by atoms with Gasteiger partial charge in [0, 0.05) is 57.9 Å². The Labute approximate surface area is 266 Å². The Kier molecular flexibility index (Phi) is 10.5. The molecular formula is C36H45N5O4. The molecule has 1 aliphatic rings. The van der Waals surface area contributed by atoms with Gasteiger partial charge < -0.3 is 24.3 Å². The van der Waals surface area contributed by atoms with Crippen LogP contribution in [-0.2, 0) is 27.2 Å². The first-order chi connectivity index (χ1) is 21.7. The number of alkyl carbamates (subject to hydrolysis) is 1. The van der Waals surface area contributed by atoms with Crippen LogP contribution in [0.2, 0.25) is 0 Å². The first-order valence-corrected chi connectivity index (χ1v) is 15.9. The summed E-state index contributed by atoms with van der Waals surface area (Å²) in [6.07, 6.45) is 6.52. The van der Waals surface area contributed by atoms with E-state index in [2.05, 4.69) is 51.3 Å². The van der Waals surface area contributed by atoms with Crippen molar-refractivity contribution in [2.45, 2.75) is 77.0 Å². The molecule has 0 saturated carbocycles. The smallest absolute Gasteiger partial charge is 0.407 e. The lowest BCUT2D eigenvalue weighted by Crippen LogP contribution is -2.46.